The van der Waals surface area contributed by atoms with Gasteiger partial charge in [0.1, 0.15) is 0 Å². The molecule has 0 saturated heterocycles. The molecule has 0 spiro atoms. The van der Waals surface area contributed by atoms with Gasteiger partial charge in [-0.3, -0.25) is 3.97 Å². The SMILES string of the molecule is CC.Cc1cc2cc(Br)cnc2n1SI. The van der Waals surface area contributed by atoms with Gasteiger partial charge in [-0.25, -0.2) is 4.98 Å². The van der Waals surface area contributed by atoms with Gasteiger partial charge in [0.05, 0.1) is 0 Å². The second-order valence-electron chi connectivity index (χ2n) is 2.72. The molecule has 0 saturated carbocycles. The van der Waals surface area contributed by atoms with E-state index in [4.69, 9.17) is 0 Å². The van der Waals surface area contributed by atoms with Crippen LogP contribution >= 0.6 is 46.3 Å². The van der Waals surface area contributed by atoms with E-state index in [9.17, 15) is 0 Å². The molecule has 82 valence electrons. The van der Waals surface area contributed by atoms with Crippen molar-refractivity contribution < 1.29 is 0 Å². The molecule has 2 aromatic heterocycles. The summed E-state index contributed by atoms with van der Waals surface area (Å²) in [6.07, 6.45) is 1.82. The van der Waals surface area contributed by atoms with Gasteiger partial charge in [-0.15, -0.1) is 0 Å². The molecular weight excluding hydrogens is 387 g/mol. The lowest BCUT2D eigenvalue weighted by atomic mass is 10.3. The standard InChI is InChI=1S/C8H6BrIN2S.C2H6/c1-5-2-6-3-7(9)4-11-8(6)12(5)13-10;1-2/h2-4H,1H3;1-2H3. The molecule has 0 aliphatic heterocycles. The zero-order valence-electron chi connectivity index (χ0n) is 8.79. The van der Waals surface area contributed by atoms with Crippen molar-refractivity contribution in [3.63, 3.8) is 0 Å². The van der Waals surface area contributed by atoms with Crippen molar-refractivity contribution in [2.24, 2.45) is 0 Å². The van der Waals surface area contributed by atoms with Gasteiger partial charge in [-0.1, -0.05) is 13.8 Å². The average molecular weight is 399 g/mol. The number of pyridine rings is 1. The molecule has 0 aliphatic rings. The summed E-state index contributed by atoms with van der Waals surface area (Å²) in [5.41, 5.74) is 2.25. The molecule has 0 aromatic carbocycles. The number of aromatic nitrogens is 2. The maximum atomic E-state index is 4.36. The third-order valence-corrected chi connectivity index (χ3v) is 4.02. The van der Waals surface area contributed by atoms with E-state index in [1.54, 1.807) is 9.12 Å². The average Bonchev–Trinajstić information content (AvgIpc) is 2.55. The fourth-order valence-electron chi connectivity index (χ4n) is 1.26. The normalized spacial score (nSPS) is 9.93. The Balaban J connectivity index is 0.000000531. The number of rotatable bonds is 1. The number of hydrogen-bond acceptors (Lipinski definition) is 2. The molecule has 0 radical (unpaired) electrons. The molecular formula is C10H12BrIN2S. The lowest BCUT2D eigenvalue weighted by molar-refractivity contribution is 1.18. The Morgan fingerprint density at radius 2 is 2.07 bits per heavy atom. The first kappa shape index (κ1) is 13.3. The molecule has 0 unspecified atom stereocenters. The van der Waals surface area contributed by atoms with Crippen LogP contribution in [0.25, 0.3) is 11.0 Å². The Morgan fingerprint density at radius 1 is 1.40 bits per heavy atom. The minimum absolute atomic E-state index is 1.02. The van der Waals surface area contributed by atoms with Gasteiger partial charge in [0.2, 0.25) is 0 Å². The first-order valence-electron chi connectivity index (χ1n) is 4.65. The number of fused-ring (bicyclic) bond motifs is 1. The Bertz CT molecular complexity index is 456. The summed E-state index contributed by atoms with van der Waals surface area (Å²) in [6.45, 7) is 6.08. The minimum Gasteiger partial charge on any atom is -0.263 e. The van der Waals surface area contributed by atoms with E-state index >= 15 is 0 Å². The first-order chi connectivity index (χ1) is 7.22. The predicted octanol–water partition coefficient (Wildman–Crippen LogP) is 4.98. The fraction of sp³-hybridized carbons (Fsp3) is 0.300. The van der Waals surface area contributed by atoms with Crippen molar-refractivity contribution in [2.45, 2.75) is 20.8 Å². The van der Waals surface area contributed by atoms with E-state index in [1.165, 1.54) is 11.1 Å². The van der Waals surface area contributed by atoms with Gasteiger partial charge in [0.15, 0.2) is 5.65 Å². The highest BCUT2D eigenvalue weighted by Crippen LogP contribution is 2.27. The molecule has 2 rings (SSSR count). The molecule has 5 heteroatoms. The summed E-state index contributed by atoms with van der Waals surface area (Å²) in [7, 11) is 1.65. The summed E-state index contributed by atoms with van der Waals surface area (Å²) < 4.78 is 3.14. The van der Waals surface area contributed by atoms with Crippen molar-refractivity contribution in [1.29, 1.82) is 0 Å². The molecule has 2 heterocycles. The van der Waals surface area contributed by atoms with E-state index in [-0.39, 0.29) is 0 Å². The molecule has 0 amide bonds. The van der Waals surface area contributed by atoms with Gasteiger partial charge in [-0.05, 0) is 35.0 Å². The Hall–Kier alpha value is 0.250. The highest BCUT2D eigenvalue weighted by molar-refractivity contribution is 14.2. The summed E-state index contributed by atoms with van der Waals surface area (Å²) >= 11 is 5.67. The number of hydrogen-bond donors (Lipinski definition) is 0. The van der Waals surface area contributed by atoms with Crippen LogP contribution in [0.15, 0.2) is 22.8 Å². The largest absolute Gasteiger partial charge is 0.263 e. The lowest BCUT2D eigenvalue weighted by Crippen LogP contribution is -1.86. The van der Waals surface area contributed by atoms with E-state index in [2.05, 4.69) is 65.1 Å². The number of halogens is 2. The topological polar surface area (TPSA) is 17.8 Å². The van der Waals surface area contributed by atoms with Crippen molar-refractivity contribution >= 4 is 57.3 Å². The van der Waals surface area contributed by atoms with Crippen LogP contribution in [-0.2, 0) is 0 Å². The third kappa shape index (κ3) is 2.88. The Labute approximate surface area is 115 Å². The second kappa shape index (κ2) is 6.10. The number of nitrogens with zero attached hydrogens (tertiary/aromatic N) is 2. The van der Waals surface area contributed by atoms with E-state index in [0.29, 0.717) is 0 Å². The second-order valence-corrected chi connectivity index (χ2v) is 5.32. The first-order valence-corrected chi connectivity index (χ1v) is 8.76. The van der Waals surface area contributed by atoms with Crippen molar-refractivity contribution in [3.05, 3.63) is 28.5 Å². The molecule has 2 aromatic rings. The van der Waals surface area contributed by atoms with E-state index in [0.717, 1.165) is 10.1 Å². The zero-order chi connectivity index (χ0) is 11.4. The highest BCUT2D eigenvalue weighted by Gasteiger charge is 2.06. The van der Waals surface area contributed by atoms with Gasteiger partial charge in [-0.2, -0.15) is 0 Å². The van der Waals surface area contributed by atoms with Crippen LogP contribution in [0.1, 0.15) is 19.5 Å². The summed E-state index contributed by atoms with van der Waals surface area (Å²) in [5.74, 6) is 0. The minimum atomic E-state index is 1.02. The van der Waals surface area contributed by atoms with Crippen molar-refractivity contribution in [1.82, 2.24) is 8.96 Å². The molecule has 2 nitrogen and oxygen atoms in total. The van der Waals surface area contributed by atoms with Gasteiger partial charge < -0.3 is 0 Å². The fourth-order valence-corrected chi connectivity index (χ4v) is 3.48. The quantitative estimate of drug-likeness (QED) is 0.630. The Kier molecular flexibility index (Phi) is 5.42. The maximum absolute atomic E-state index is 4.36. The molecule has 15 heavy (non-hydrogen) atoms. The van der Waals surface area contributed by atoms with Crippen LogP contribution < -0.4 is 0 Å². The van der Waals surface area contributed by atoms with Crippen molar-refractivity contribution in [3.8, 4) is 0 Å². The number of aryl methyl sites for hydroxylation is 1. The van der Waals surface area contributed by atoms with Crippen LogP contribution in [0.3, 0.4) is 0 Å². The molecule has 0 aliphatic carbocycles. The van der Waals surface area contributed by atoms with Crippen molar-refractivity contribution in [2.75, 3.05) is 0 Å². The highest BCUT2D eigenvalue weighted by atomic mass is 127. The summed E-state index contributed by atoms with van der Waals surface area (Å²) in [4.78, 5) is 4.36. The van der Waals surface area contributed by atoms with Crippen LogP contribution in [0.2, 0.25) is 0 Å². The zero-order valence-corrected chi connectivity index (χ0v) is 13.4. The maximum Gasteiger partial charge on any atom is 0.150 e. The Morgan fingerprint density at radius 3 is 2.67 bits per heavy atom. The van der Waals surface area contributed by atoms with Gasteiger partial charge in [0, 0.05) is 52.1 Å². The van der Waals surface area contributed by atoms with Gasteiger partial charge >= 0.3 is 0 Å². The van der Waals surface area contributed by atoms with E-state index in [1.807, 2.05) is 20.0 Å². The molecule has 0 fully saturated rings. The van der Waals surface area contributed by atoms with Crippen LogP contribution in [0, 0.1) is 6.92 Å². The molecule has 0 N–H and O–H groups in total. The smallest absolute Gasteiger partial charge is 0.150 e. The summed E-state index contributed by atoms with van der Waals surface area (Å²) in [5, 5.41) is 1.18. The molecule has 0 atom stereocenters. The third-order valence-electron chi connectivity index (χ3n) is 1.81. The van der Waals surface area contributed by atoms with Crippen LogP contribution in [0.4, 0.5) is 0 Å². The molecule has 0 bridgehead atoms. The van der Waals surface area contributed by atoms with Crippen LogP contribution in [-0.4, -0.2) is 8.96 Å². The monoisotopic (exact) mass is 398 g/mol. The van der Waals surface area contributed by atoms with E-state index < -0.39 is 0 Å². The summed E-state index contributed by atoms with van der Waals surface area (Å²) in [6, 6.07) is 4.22. The lowest BCUT2D eigenvalue weighted by Gasteiger charge is -1.98. The van der Waals surface area contributed by atoms with Crippen LogP contribution in [0.5, 0.6) is 0 Å². The van der Waals surface area contributed by atoms with Gasteiger partial charge in [0.25, 0.3) is 0 Å². The predicted molar refractivity (Wildman–Crippen MR) is 80.5 cm³/mol.